The van der Waals surface area contributed by atoms with E-state index in [9.17, 15) is 13.2 Å². The van der Waals surface area contributed by atoms with Gasteiger partial charge in [0, 0.05) is 23.8 Å². The topological polar surface area (TPSA) is 66.5 Å². The van der Waals surface area contributed by atoms with Gasteiger partial charge in [0.2, 0.25) is 10.0 Å². The quantitative estimate of drug-likeness (QED) is 0.803. The number of nitrogens with zero attached hydrogens (tertiary/aromatic N) is 1. The van der Waals surface area contributed by atoms with E-state index in [1.807, 2.05) is 52.0 Å². The number of carbonyl (C=O) groups is 1. The molecule has 0 spiro atoms. The number of hydrogen-bond acceptors (Lipinski definition) is 3. The van der Waals surface area contributed by atoms with Gasteiger partial charge in [0.25, 0.3) is 5.91 Å². The molecule has 0 aliphatic carbocycles. The molecule has 1 N–H and O–H groups in total. The third-order valence-corrected chi connectivity index (χ3v) is 5.82. The number of anilines is 1. The maximum atomic E-state index is 13.0. The van der Waals surface area contributed by atoms with E-state index in [-0.39, 0.29) is 16.8 Å². The Balaban J connectivity index is 2.35. The zero-order valence-electron chi connectivity index (χ0n) is 15.7. The molecule has 26 heavy (non-hydrogen) atoms. The average molecular weight is 375 g/mol. The Kier molecular flexibility index (Phi) is 6.56. The first kappa shape index (κ1) is 20.1. The van der Waals surface area contributed by atoms with Crippen LogP contribution in [0.4, 0.5) is 5.69 Å². The number of nitrogens with one attached hydrogen (secondary N) is 1. The first-order valence-corrected chi connectivity index (χ1v) is 10.3. The third kappa shape index (κ3) is 4.71. The van der Waals surface area contributed by atoms with Gasteiger partial charge in [-0.1, -0.05) is 25.1 Å². The van der Waals surface area contributed by atoms with Crippen LogP contribution in [-0.2, 0) is 10.0 Å². The largest absolute Gasteiger partial charge is 0.309 e. The Bertz CT molecular complexity index is 878. The molecule has 2 aromatic rings. The molecule has 2 aromatic carbocycles. The summed E-state index contributed by atoms with van der Waals surface area (Å²) in [5.41, 5.74) is 2.20. The predicted octanol–water partition coefficient (Wildman–Crippen LogP) is 3.74. The first-order chi connectivity index (χ1) is 12.3. The zero-order valence-corrected chi connectivity index (χ0v) is 16.5. The second-order valence-corrected chi connectivity index (χ2v) is 8.06. The summed E-state index contributed by atoms with van der Waals surface area (Å²) in [5, 5.41) is 0. The van der Waals surface area contributed by atoms with E-state index >= 15 is 0 Å². The minimum Gasteiger partial charge on any atom is -0.309 e. The third-order valence-electron chi connectivity index (χ3n) is 4.23. The lowest BCUT2D eigenvalue weighted by molar-refractivity contribution is 0.0988. The number of hydrogen-bond donors (Lipinski definition) is 1. The summed E-state index contributed by atoms with van der Waals surface area (Å²) >= 11 is 0. The molecule has 2 rings (SSSR count). The SMILES string of the molecule is CCC(C)NS(=O)(=O)c1cccc(C(=O)N(CC)c2cccc(C)c2)c1. The number of rotatable bonds is 7. The number of aryl methyl sites for hydroxylation is 1. The van der Waals surface area contributed by atoms with Crippen LogP contribution < -0.4 is 9.62 Å². The van der Waals surface area contributed by atoms with Crippen LogP contribution in [0.25, 0.3) is 0 Å². The summed E-state index contributed by atoms with van der Waals surface area (Å²) in [4.78, 5) is 14.7. The van der Waals surface area contributed by atoms with Gasteiger partial charge >= 0.3 is 0 Å². The summed E-state index contributed by atoms with van der Waals surface area (Å²) in [6, 6.07) is 13.7. The second kappa shape index (κ2) is 8.47. The number of amides is 1. The summed E-state index contributed by atoms with van der Waals surface area (Å²) < 4.78 is 27.6. The van der Waals surface area contributed by atoms with Crippen molar-refractivity contribution in [3.05, 3.63) is 59.7 Å². The zero-order chi connectivity index (χ0) is 19.3. The van der Waals surface area contributed by atoms with E-state index in [4.69, 9.17) is 0 Å². The highest BCUT2D eigenvalue weighted by Crippen LogP contribution is 2.20. The molecule has 1 atom stereocenters. The Hall–Kier alpha value is -2.18. The van der Waals surface area contributed by atoms with Crippen LogP contribution >= 0.6 is 0 Å². The number of sulfonamides is 1. The highest BCUT2D eigenvalue weighted by Gasteiger charge is 2.21. The van der Waals surface area contributed by atoms with E-state index in [1.165, 1.54) is 12.1 Å². The minimum absolute atomic E-state index is 0.101. The fraction of sp³-hybridized carbons (Fsp3) is 0.350. The van der Waals surface area contributed by atoms with Crippen molar-refractivity contribution in [1.82, 2.24) is 4.72 Å². The molecule has 0 fully saturated rings. The molecule has 0 heterocycles. The molecule has 0 saturated carbocycles. The monoisotopic (exact) mass is 374 g/mol. The minimum atomic E-state index is -3.65. The van der Waals surface area contributed by atoms with E-state index in [0.717, 1.165) is 11.3 Å². The van der Waals surface area contributed by atoms with Gasteiger partial charge in [-0.2, -0.15) is 0 Å². The molecule has 5 nitrogen and oxygen atoms in total. The van der Waals surface area contributed by atoms with Gasteiger partial charge < -0.3 is 4.90 Å². The predicted molar refractivity (Wildman–Crippen MR) is 105 cm³/mol. The number of carbonyl (C=O) groups excluding carboxylic acids is 1. The van der Waals surface area contributed by atoms with Crippen LogP contribution in [0.2, 0.25) is 0 Å². The van der Waals surface area contributed by atoms with Crippen molar-refractivity contribution in [2.45, 2.75) is 45.1 Å². The molecule has 0 aliphatic rings. The molecule has 0 bridgehead atoms. The molecule has 0 aliphatic heterocycles. The Morgan fingerprint density at radius 2 is 1.81 bits per heavy atom. The van der Waals surface area contributed by atoms with Crippen LogP contribution in [0, 0.1) is 6.92 Å². The molecule has 140 valence electrons. The fourth-order valence-corrected chi connectivity index (χ4v) is 3.98. The van der Waals surface area contributed by atoms with Gasteiger partial charge in [-0.05, 0) is 63.1 Å². The van der Waals surface area contributed by atoms with Gasteiger partial charge in [0.1, 0.15) is 0 Å². The first-order valence-electron chi connectivity index (χ1n) is 8.79. The maximum Gasteiger partial charge on any atom is 0.258 e. The summed E-state index contributed by atoms with van der Waals surface area (Å²) in [7, 11) is -3.65. The van der Waals surface area contributed by atoms with Gasteiger partial charge in [0.05, 0.1) is 4.90 Å². The van der Waals surface area contributed by atoms with Crippen LogP contribution in [0.15, 0.2) is 53.4 Å². The Morgan fingerprint density at radius 1 is 1.12 bits per heavy atom. The summed E-state index contributed by atoms with van der Waals surface area (Å²) in [5.74, 6) is -0.223. The molecular formula is C20H26N2O3S. The summed E-state index contributed by atoms with van der Waals surface area (Å²) in [6.45, 7) is 8.07. The lowest BCUT2D eigenvalue weighted by Crippen LogP contribution is -2.33. The molecule has 1 unspecified atom stereocenters. The van der Waals surface area contributed by atoms with Crippen LogP contribution in [0.1, 0.15) is 43.1 Å². The van der Waals surface area contributed by atoms with Gasteiger partial charge in [-0.25, -0.2) is 13.1 Å². The van der Waals surface area contributed by atoms with Crippen LogP contribution in [-0.4, -0.2) is 26.9 Å². The number of benzene rings is 2. The molecule has 1 amide bonds. The second-order valence-electron chi connectivity index (χ2n) is 6.35. The van der Waals surface area contributed by atoms with Crippen molar-refractivity contribution in [1.29, 1.82) is 0 Å². The van der Waals surface area contributed by atoms with E-state index in [2.05, 4.69) is 4.72 Å². The van der Waals surface area contributed by atoms with Crippen molar-refractivity contribution < 1.29 is 13.2 Å². The Labute approximate surface area is 156 Å². The molecular weight excluding hydrogens is 348 g/mol. The smallest absolute Gasteiger partial charge is 0.258 e. The lowest BCUT2D eigenvalue weighted by Gasteiger charge is -2.22. The van der Waals surface area contributed by atoms with Crippen molar-refractivity contribution in [2.75, 3.05) is 11.4 Å². The average Bonchev–Trinajstić information content (AvgIpc) is 2.62. The van der Waals surface area contributed by atoms with Gasteiger partial charge in [-0.3, -0.25) is 4.79 Å². The van der Waals surface area contributed by atoms with Crippen molar-refractivity contribution in [3.63, 3.8) is 0 Å². The van der Waals surface area contributed by atoms with Crippen molar-refractivity contribution in [3.8, 4) is 0 Å². The van der Waals surface area contributed by atoms with Crippen molar-refractivity contribution in [2.24, 2.45) is 0 Å². The standard InChI is InChI=1S/C20H26N2O3S/c1-5-16(4)21-26(24,25)19-12-8-10-17(14-19)20(23)22(6-2)18-11-7-9-15(3)13-18/h7-14,16,21H,5-6H2,1-4H3. The molecule has 0 aromatic heterocycles. The fourth-order valence-electron chi connectivity index (χ4n) is 2.61. The van der Waals surface area contributed by atoms with E-state index in [1.54, 1.807) is 17.0 Å². The van der Waals surface area contributed by atoms with Crippen LogP contribution in [0.5, 0.6) is 0 Å². The van der Waals surface area contributed by atoms with Gasteiger partial charge in [-0.15, -0.1) is 0 Å². The normalized spacial score (nSPS) is 12.6. The lowest BCUT2D eigenvalue weighted by atomic mass is 10.1. The highest BCUT2D eigenvalue weighted by molar-refractivity contribution is 7.89. The maximum absolute atomic E-state index is 13.0. The van der Waals surface area contributed by atoms with Crippen LogP contribution in [0.3, 0.4) is 0 Å². The Morgan fingerprint density at radius 3 is 2.42 bits per heavy atom. The summed E-state index contributed by atoms with van der Waals surface area (Å²) in [6.07, 6.45) is 0.689. The molecule has 0 saturated heterocycles. The van der Waals surface area contributed by atoms with E-state index < -0.39 is 10.0 Å². The molecule has 6 heteroatoms. The highest BCUT2D eigenvalue weighted by atomic mass is 32.2. The van der Waals surface area contributed by atoms with E-state index in [0.29, 0.717) is 18.5 Å². The van der Waals surface area contributed by atoms with Gasteiger partial charge in [0.15, 0.2) is 0 Å². The molecule has 0 radical (unpaired) electrons. The van der Waals surface area contributed by atoms with Crippen molar-refractivity contribution >= 4 is 21.6 Å².